The molecule has 98 valence electrons. The lowest BCUT2D eigenvalue weighted by atomic mass is 10.2. The van der Waals surface area contributed by atoms with E-state index in [0.717, 1.165) is 12.1 Å². The second-order valence-electron chi connectivity index (χ2n) is 2.85. The highest BCUT2D eigenvalue weighted by Crippen LogP contribution is 2.43. The van der Waals surface area contributed by atoms with Crippen molar-refractivity contribution in [1.29, 1.82) is 5.26 Å². The molecule has 3 nitrogen and oxygen atoms in total. The Morgan fingerprint density at radius 1 is 1.39 bits per heavy atom. The summed E-state index contributed by atoms with van der Waals surface area (Å²) in [5.41, 5.74) is -4.79. The van der Waals surface area contributed by atoms with E-state index in [9.17, 15) is 21.6 Å². The van der Waals surface area contributed by atoms with Crippen molar-refractivity contribution in [2.24, 2.45) is 0 Å². The van der Waals surface area contributed by atoms with Gasteiger partial charge in [0.1, 0.15) is 11.0 Å². The van der Waals surface area contributed by atoms with Crippen LogP contribution in [0.15, 0.2) is 26.4 Å². The van der Waals surface area contributed by atoms with E-state index < -0.39 is 36.1 Å². The van der Waals surface area contributed by atoms with E-state index in [4.69, 9.17) is 15.9 Å². The molecule has 10 heteroatoms. The Labute approximate surface area is 117 Å². The molecule has 0 saturated heterocycles. The molecule has 0 aliphatic rings. The highest BCUT2D eigenvalue weighted by molar-refractivity contribution is 9.10. The van der Waals surface area contributed by atoms with Crippen LogP contribution in [0, 0.1) is 11.3 Å². The third-order valence-corrected chi connectivity index (χ3v) is 5.03. The standard InChI is InChI=1S/C8H2BrClF3NO2S2/c9-6-4(3-14)1-2-5(17-8(11,12)13)7(6)18(10,15)16/h1-2H. The molecule has 0 amide bonds. The molecule has 1 rings (SSSR count). The van der Waals surface area contributed by atoms with Gasteiger partial charge < -0.3 is 0 Å². The Morgan fingerprint density at radius 3 is 2.33 bits per heavy atom. The zero-order valence-electron chi connectivity index (χ0n) is 8.12. The fourth-order valence-electron chi connectivity index (χ4n) is 1.06. The van der Waals surface area contributed by atoms with Crippen molar-refractivity contribution in [2.75, 3.05) is 0 Å². The Balaban J connectivity index is 3.56. The summed E-state index contributed by atoms with van der Waals surface area (Å²) in [6.07, 6.45) is 0. The van der Waals surface area contributed by atoms with Crippen LogP contribution >= 0.6 is 38.4 Å². The third-order valence-electron chi connectivity index (χ3n) is 1.65. The monoisotopic (exact) mass is 379 g/mol. The summed E-state index contributed by atoms with van der Waals surface area (Å²) >= 11 is 2.15. The Morgan fingerprint density at radius 2 is 1.94 bits per heavy atom. The molecule has 1 aromatic carbocycles. The maximum atomic E-state index is 12.3. The van der Waals surface area contributed by atoms with Gasteiger partial charge in [0.25, 0.3) is 9.05 Å². The number of hydrogen-bond donors (Lipinski definition) is 0. The number of alkyl halides is 3. The van der Waals surface area contributed by atoms with Gasteiger partial charge in [0, 0.05) is 15.6 Å². The second kappa shape index (κ2) is 5.28. The summed E-state index contributed by atoms with van der Waals surface area (Å²) in [6.45, 7) is 0. The summed E-state index contributed by atoms with van der Waals surface area (Å²) in [6, 6.07) is 3.60. The molecule has 18 heavy (non-hydrogen) atoms. The minimum Gasteiger partial charge on any atom is -0.207 e. The molecule has 0 bridgehead atoms. The van der Waals surface area contributed by atoms with Gasteiger partial charge in [-0.25, -0.2) is 8.42 Å². The molecule has 0 radical (unpaired) electrons. The predicted octanol–water partition coefficient (Wildman–Crippen LogP) is 3.86. The first-order valence-corrected chi connectivity index (χ1v) is 7.91. The highest BCUT2D eigenvalue weighted by Gasteiger charge is 2.33. The molecule has 0 heterocycles. The molecule has 0 aromatic heterocycles. The Hall–Kier alpha value is -0.430. The van der Waals surface area contributed by atoms with Gasteiger partial charge in [-0.3, -0.25) is 0 Å². The fraction of sp³-hybridized carbons (Fsp3) is 0.125. The molecule has 0 atom stereocenters. The first kappa shape index (κ1) is 15.6. The average Bonchev–Trinajstić information content (AvgIpc) is 2.13. The van der Waals surface area contributed by atoms with Crippen molar-refractivity contribution in [1.82, 2.24) is 0 Å². The third kappa shape index (κ3) is 3.78. The maximum Gasteiger partial charge on any atom is 0.446 e. The second-order valence-corrected chi connectivity index (χ2v) is 7.25. The first-order valence-electron chi connectivity index (χ1n) is 3.99. The van der Waals surface area contributed by atoms with E-state index in [0.29, 0.717) is 0 Å². The SMILES string of the molecule is N#Cc1ccc(SC(F)(F)F)c(S(=O)(=O)Cl)c1Br. The largest absolute Gasteiger partial charge is 0.446 e. The first-order chi connectivity index (χ1) is 8.06. The van der Waals surface area contributed by atoms with Gasteiger partial charge in [0.05, 0.1) is 10.0 Å². The van der Waals surface area contributed by atoms with Crippen molar-refractivity contribution in [3.63, 3.8) is 0 Å². The summed E-state index contributed by atoms with van der Waals surface area (Å²) in [5, 5.41) is 8.69. The van der Waals surface area contributed by atoms with Crippen molar-refractivity contribution >= 4 is 47.4 Å². The number of nitrogens with zero attached hydrogens (tertiary/aromatic N) is 1. The van der Waals surface area contributed by atoms with Crippen molar-refractivity contribution in [2.45, 2.75) is 15.3 Å². The van der Waals surface area contributed by atoms with Gasteiger partial charge in [-0.1, -0.05) is 0 Å². The number of thioether (sulfide) groups is 1. The van der Waals surface area contributed by atoms with E-state index in [1.807, 2.05) is 0 Å². The number of benzene rings is 1. The summed E-state index contributed by atoms with van der Waals surface area (Å²) < 4.78 is 59.1. The molecule has 0 unspecified atom stereocenters. The minimum atomic E-state index is -4.66. The van der Waals surface area contributed by atoms with Crippen LogP contribution in [0.3, 0.4) is 0 Å². The topological polar surface area (TPSA) is 57.9 Å². The maximum absolute atomic E-state index is 12.3. The molecule has 0 aliphatic carbocycles. The summed E-state index contributed by atoms with van der Waals surface area (Å²) in [7, 11) is 0.663. The van der Waals surface area contributed by atoms with Crippen LogP contribution < -0.4 is 0 Å². The van der Waals surface area contributed by atoms with Gasteiger partial charge in [0.2, 0.25) is 0 Å². The lowest BCUT2D eigenvalue weighted by Crippen LogP contribution is -2.04. The lowest BCUT2D eigenvalue weighted by molar-refractivity contribution is -0.0329. The van der Waals surface area contributed by atoms with Crippen molar-refractivity contribution < 1.29 is 21.6 Å². The normalized spacial score (nSPS) is 12.2. The Bertz CT molecular complexity index is 624. The van der Waals surface area contributed by atoms with E-state index >= 15 is 0 Å². The van der Waals surface area contributed by atoms with Crippen LogP contribution in [0.1, 0.15) is 5.56 Å². The highest BCUT2D eigenvalue weighted by atomic mass is 79.9. The molecule has 0 fully saturated rings. The van der Waals surface area contributed by atoms with Crippen molar-refractivity contribution in [3.8, 4) is 6.07 Å². The van der Waals surface area contributed by atoms with Crippen LogP contribution in [0.25, 0.3) is 0 Å². The smallest absolute Gasteiger partial charge is 0.207 e. The van der Waals surface area contributed by atoms with E-state index in [-0.39, 0.29) is 10.0 Å². The zero-order valence-corrected chi connectivity index (χ0v) is 12.1. The molecule has 0 aliphatic heterocycles. The number of nitriles is 1. The minimum absolute atomic E-state index is 0.124. The molecule has 0 saturated carbocycles. The predicted molar refractivity (Wildman–Crippen MR) is 63.8 cm³/mol. The van der Waals surface area contributed by atoms with Crippen LogP contribution in [0.5, 0.6) is 0 Å². The number of rotatable bonds is 2. The summed E-state index contributed by atoms with van der Waals surface area (Å²) in [4.78, 5) is -1.35. The van der Waals surface area contributed by atoms with Gasteiger partial charge in [-0.05, 0) is 39.8 Å². The van der Waals surface area contributed by atoms with Gasteiger partial charge >= 0.3 is 5.51 Å². The summed E-state index contributed by atoms with van der Waals surface area (Å²) in [5.74, 6) is 0. The molecular weight excluding hydrogens is 379 g/mol. The molecule has 0 spiro atoms. The van der Waals surface area contributed by atoms with Crippen LogP contribution in [0.2, 0.25) is 0 Å². The molecule has 1 aromatic rings. The van der Waals surface area contributed by atoms with Gasteiger partial charge in [-0.15, -0.1) is 0 Å². The van der Waals surface area contributed by atoms with Gasteiger partial charge in [0.15, 0.2) is 0 Å². The number of hydrogen-bond acceptors (Lipinski definition) is 4. The fourth-order valence-corrected chi connectivity index (χ4v) is 4.83. The van der Waals surface area contributed by atoms with E-state index in [1.165, 1.54) is 0 Å². The van der Waals surface area contributed by atoms with Crippen LogP contribution in [-0.2, 0) is 9.05 Å². The average molecular weight is 381 g/mol. The van der Waals surface area contributed by atoms with Crippen LogP contribution in [-0.4, -0.2) is 13.9 Å². The zero-order chi connectivity index (χ0) is 14.1. The Kier molecular flexibility index (Phi) is 4.59. The van der Waals surface area contributed by atoms with Crippen LogP contribution in [0.4, 0.5) is 13.2 Å². The van der Waals surface area contributed by atoms with E-state index in [1.54, 1.807) is 6.07 Å². The lowest BCUT2D eigenvalue weighted by Gasteiger charge is -2.11. The molecular formula is C8H2BrClF3NO2S2. The quantitative estimate of drug-likeness (QED) is 0.577. The van der Waals surface area contributed by atoms with Gasteiger partial charge in [-0.2, -0.15) is 18.4 Å². The van der Waals surface area contributed by atoms with E-state index in [2.05, 4.69) is 15.9 Å². The molecule has 0 N–H and O–H groups in total. The van der Waals surface area contributed by atoms with Crippen molar-refractivity contribution in [3.05, 3.63) is 22.2 Å². The number of halogens is 5.